The van der Waals surface area contributed by atoms with E-state index in [4.69, 9.17) is 5.73 Å². The van der Waals surface area contributed by atoms with Crippen LogP contribution < -0.4 is 11.1 Å². The van der Waals surface area contributed by atoms with Crippen molar-refractivity contribution < 1.29 is 4.79 Å². The van der Waals surface area contributed by atoms with E-state index in [0.29, 0.717) is 0 Å². The molecule has 3 N–H and O–H groups in total. The highest BCUT2D eigenvalue weighted by molar-refractivity contribution is 7.09. The lowest BCUT2D eigenvalue weighted by Crippen LogP contribution is -2.53. The molecule has 1 aromatic heterocycles. The Bertz CT molecular complexity index is 465. The van der Waals surface area contributed by atoms with Crippen molar-refractivity contribution in [1.82, 2.24) is 10.3 Å². The van der Waals surface area contributed by atoms with Crippen LogP contribution >= 0.6 is 36.2 Å². The van der Waals surface area contributed by atoms with E-state index in [1.165, 1.54) is 0 Å². The van der Waals surface area contributed by atoms with Crippen molar-refractivity contribution in [1.29, 1.82) is 0 Å². The van der Waals surface area contributed by atoms with Crippen LogP contribution in [0.15, 0.2) is 5.38 Å². The molecule has 0 aromatic carbocycles. The van der Waals surface area contributed by atoms with Crippen LogP contribution in [-0.4, -0.2) is 16.4 Å². The summed E-state index contributed by atoms with van der Waals surface area (Å²) in [6, 6.07) is -0.0380. The number of rotatable bonds is 3. The Kier molecular flexibility index (Phi) is 8.18. The summed E-state index contributed by atoms with van der Waals surface area (Å²) < 4.78 is 0. The number of aryl methyl sites for hydroxylation is 1. The number of hydrogen-bond acceptors (Lipinski definition) is 4. The number of aromatic nitrogens is 1. The fraction of sp³-hybridized carbons (Fsp3) is 0.714. The van der Waals surface area contributed by atoms with E-state index < -0.39 is 0 Å². The van der Waals surface area contributed by atoms with Crippen LogP contribution in [0.25, 0.3) is 0 Å². The van der Waals surface area contributed by atoms with Crippen LogP contribution in [0, 0.1) is 12.8 Å². The van der Waals surface area contributed by atoms with E-state index >= 15 is 0 Å². The maximum absolute atomic E-state index is 12.4. The lowest BCUT2D eigenvalue weighted by atomic mass is 9.74. The van der Waals surface area contributed by atoms with Crippen LogP contribution in [-0.2, 0) is 4.79 Å². The number of hydrogen-bond donors (Lipinski definition) is 2. The van der Waals surface area contributed by atoms with Crippen molar-refractivity contribution in [2.24, 2.45) is 11.7 Å². The summed E-state index contributed by atoms with van der Waals surface area (Å²) in [5.74, 6) is -0.00480. The number of halogens is 2. The first-order chi connectivity index (χ1) is 8.90. The number of amides is 1. The molecule has 21 heavy (non-hydrogen) atoms. The molecule has 7 heteroatoms. The molecule has 1 aromatic rings. The fourth-order valence-corrected chi connectivity index (χ4v) is 3.54. The largest absolute Gasteiger partial charge is 0.347 e. The number of thiazole rings is 1. The highest BCUT2D eigenvalue weighted by Gasteiger charge is 2.38. The molecular weight excluding hydrogens is 329 g/mol. The van der Waals surface area contributed by atoms with Gasteiger partial charge in [0.2, 0.25) is 5.91 Å². The minimum absolute atomic E-state index is 0. The average Bonchev–Trinajstić information content (AvgIpc) is 2.75. The predicted octanol–water partition coefficient (Wildman–Crippen LogP) is 3.38. The van der Waals surface area contributed by atoms with Gasteiger partial charge in [-0.1, -0.05) is 12.8 Å². The maximum atomic E-state index is 12.4. The summed E-state index contributed by atoms with van der Waals surface area (Å²) in [6.07, 6.45) is 4.03. The number of nitrogens with one attached hydrogen (secondary N) is 1. The molecule has 4 nitrogen and oxygen atoms in total. The summed E-state index contributed by atoms with van der Waals surface area (Å²) >= 11 is 1.59. The highest BCUT2D eigenvalue weighted by Crippen LogP contribution is 2.32. The number of nitrogens with two attached hydrogens (primary N) is 1. The highest BCUT2D eigenvalue weighted by atomic mass is 35.5. The Morgan fingerprint density at radius 3 is 2.71 bits per heavy atom. The van der Waals surface area contributed by atoms with Crippen LogP contribution in [0.3, 0.4) is 0 Å². The standard InChI is InChI=1S/C14H23N3OS.2ClH/c1-9-8-19-13(16-9)10(2)17-12(18)11-6-4-5-7-14(11,3)15;;/h8,10-11H,4-7,15H2,1-3H3,(H,17,18);2*1H. The summed E-state index contributed by atoms with van der Waals surface area (Å²) in [6.45, 7) is 5.94. The van der Waals surface area contributed by atoms with Gasteiger partial charge in [-0.15, -0.1) is 36.2 Å². The second kappa shape index (κ2) is 8.32. The third kappa shape index (κ3) is 5.09. The molecule has 1 aliphatic carbocycles. The molecule has 3 atom stereocenters. The van der Waals surface area contributed by atoms with Crippen LogP contribution in [0.5, 0.6) is 0 Å². The minimum atomic E-state index is -0.374. The van der Waals surface area contributed by atoms with E-state index in [-0.39, 0.29) is 48.2 Å². The summed E-state index contributed by atoms with van der Waals surface area (Å²) in [7, 11) is 0. The molecule has 1 fully saturated rings. The van der Waals surface area contributed by atoms with Crippen molar-refractivity contribution in [3.8, 4) is 0 Å². The molecule has 1 amide bonds. The predicted molar refractivity (Wildman–Crippen MR) is 92.5 cm³/mol. The Morgan fingerprint density at radius 1 is 1.52 bits per heavy atom. The molecule has 122 valence electrons. The number of carbonyl (C=O) groups excluding carboxylic acids is 1. The summed E-state index contributed by atoms with van der Waals surface area (Å²) in [5, 5.41) is 6.03. The van der Waals surface area contributed by atoms with E-state index in [1.54, 1.807) is 11.3 Å². The SMILES string of the molecule is Cc1csc(C(C)NC(=O)C2CCCCC2(C)N)n1.Cl.Cl. The van der Waals surface area contributed by atoms with Gasteiger partial charge in [-0.2, -0.15) is 0 Å². The van der Waals surface area contributed by atoms with Crippen LogP contribution in [0.1, 0.15) is 56.3 Å². The third-order valence-electron chi connectivity index (χ3n) is 3.94. The Morgan fingerprint density at radius 2 is 2.19 bits per heavy atom. The molecule has 2 rings (SSSR count). The third-order valence-corrected chi connectivity index (χ3v) is 5.08. The molecule has 0 saturated heterocycles. The molecule has 0 radical (unpaired) electrons. The van der Waals surface area contributed by atoms with Gasteiger partial charge in [0, 0.05) is 16.6 Å². The number of nitrogens with zero attached hydrogens (tertiary/aromatic N) is 1. The van der Waals surface area contributed by atoms with E-state index in [9.17, 15) is 4.79 Å². The molecule has 1 aliphatic rings. The van der Waals surface area contributed by atoms with E-state index in [2.05, 4.69) is 10.3 Å². The lowest BCUT2D eigenvalue weighted by molar-refractivity contribution is -0.128. The van der Waals surface area contributed by atoms with Crippen molar-refractivity contribution in [3.05, 3.63) is 16.1 Å². The van der Waals surface area contributed by atoms with Gasteiger partial charge in [0.1, 0.15) is 5.01 Å². The van der Waals surface area contributed by atoms with E-state index in [1.807, 2.05) is 26.2 Å². The molecule has 1 saturated carbocycles. The van der Waals surface area contributed by atoms with Crippen LogP contribution in [0.4, 0.5) is 0 Å². The average molecular weight is 354 g/mol. The van der Waals surface area contributed by atoms with Gasteiger partial charge in [-0.25, -0.2) is 4.98 Å². The van der Waals surface area contributed by atoms with Crippen LogP contribution in [0.2, 0.25) is 0 Å². The minimum Gasteiger partial charge on any atom is -0.347 e. The molecule has 0 spiro atoms. The number of carbonyl (C=O) groups is 1. The Balaban J connectivity index is 0.00000200. The van der Waals surface area contributed by atoms with E-state index in [0.717, 1.165) is 36.4 Å². The van der Waals surface area contributed by atoms with Crippen molar-refractivity contribution in [2.45, 2.75) is 58.0 Å². The summed E-state index contributed by atoms with van der Waals surface area (Å²) in [4.78, 5) is 16.8. The Labute approximate surface area is 143 Å². The lowest BCUT2D eigenvalue weighted by Gasteiger charge is -2.37. The van der Waals surface area contributed by atoms with Gasteiger partial charge < -0.3 is 11.1 Å². The molecule has 1 heterocycles. The first kappa shape index (κ1) is 20.6. The topological polar surface area (TPSA) is 68.0 Å². The van der Waals surface area contributed by atoms with Gasteiger partial charge in [-0.3, -0.25) is 4.79 Å². The zero-order valence-electron chi connectivity index (χ0n) is 12.7. The molecule has 0 aliphatic heterocycles. The quantitative estimate of drug-likeness (QED) is 0.874. The van der Waals surface area contributed by atoms with Crippen molar-refractivity contribution in [2.75, 3.05) is 0 Å². The maximum Gasteiger partial charge on any atom is 0.225 e. The zero-order valence-corrected chi connectivity index (χ0v) is 15.2. The van der Waals surface area contributed by atoms with Gasteiger partial charge in [0.05, 0.1) is 12.0 Å². The molecular formula is C14H25Cl2N3OS. The van der Waals surface area contributed by atoms with Gasteiger partial charge >= 0.3 is 0 Å². The van der Waals surface area contributed by atoms with Gasteiger partial charge in [0.15, 0.2) is 0 Å². The first-order valence-electron chi connectivity index (χ1n) is 6.91. The zero-order chi connectivity index (χ0) is 14.0. The second-order valence-corrected chi connectivity index (χ2v) is 6.75. The second-order valence-electron chi connectivity index (χ2n) is 5.86. The van der Waals surface area contributed by atoms with Crippen molar-refractivity contribution >= 4 is 42.1 Å². The molecule has 0 bridgehead atoms. The van der Waals surface area contributed by atoms with Gasteiger partial charge in [-0.05, 0) is 33.6 Å². The summed E-state index contributed by atoms with van der Waals surface area (Å²) in [5.41, 5.74) is 6.90. The normalized spacial score (nSPS) is 26.2. The molecule has 3 unspecified atom stereocenters. The van der Waals surface area contributed by atoms with Gasteiger partial charge in [0.25, 0.3) is 0 Å². The smallest absolute Gasteiger partial charge is 0.225 e. The monoisotopic (exact) mass is 353 g/mol. The first-order valence-corrected chi connectivity index (χ1v) is 7.79. The Hall–Kier alpha value is -0.360. The fourth-order valence-electron chi connectivity index (χ4n) is 2.74. The van der Waals surface area contributed by atoms with Crippen molar-refractivity contribution in [3.63, 3.8) is 0 Å².